The predicted octanol–water partition coefficient (Wildman–Crippen LogP) is 18.6. The fraction of sp³-hybridized carbons (Fsp3) is 0.750. The molecule has 66 heavy (non-hydrogen) atoms. The first-order valence-corrected chi connectivity index (χ1v) is 27.9. The Hall–Kier alpha value is -3.15. The van der Waals surface area contributed by atoms with Crippen molar-refractivity contribution in [3.8, 4) is 0 Å². The van der Waals surface area contributed by atoms with Crippen LogP contribution in [0.25, 0.3) is 0 Å². The topological polar surface area (TPSA) is 78.9 Å². The first kappa shape index (κ1) is 62.8. The minimum absolute atomic E-state index is 0.0914. The zero-order valence-corrected chi connectivity index (χ0v) is 43.4. The van der Waals surface area contributed by atoms with Gasteiger partial charge in [-0.15, -0.1) is 0 Å². The minimum Gasteiger partial charge on any atom is -0.462 e. The van der Waals surface area contributed by atoms with Crippen LogP contribution in [-0.2, 0) is 28.6 Å². The van der Waals surface area contributed by atoms with E-state index < -0.39 is 6.10 Å². The Kier molecular flexibility index (Phi) is 51.9. The molecular formula is C60H104O6. The Morgan fingerprint density at radius 3 is 0.924 bits per heavy atom. The number of unbranched alkanes of at least 4 members (excludes halogenated alkanes) is 27. The van der Waals surface area contributed by atoms with Crippen LogP contribution in [0.1, 0.15) is 271 Å². The lowest BCUT2D eigenvalue weighted by Crippen LogP contribution is -2.30. The van der Waals surface area contributed by atoms with Gasteiger partial charge in [-0.05, 0) is 116 Å². The maximum Gasteiger partial charge on any atom is 0.306 e. The molecule has 0 saturated carbocycles. The highest BCUT2D eigenvalue weighted by molar-refractivity contribution is 5.71. The van der Waals surface area contributed by atoms with Gasteiger partial charge in [-0.3, -0.25) is 14.4 Å². The SMILES string of the molecule is CCCCC/C=C/C/C=C/C/C=C/C/C=C/CCCCCC(=O)OC[C@@H](COC(=O)CCCCCCC/C=C/CCCCCCC)OC(=O)CCCCCCCCC/C=C/CCCCCC. The van der Waals surface area contributed by atoms with Gasteiger partial charge in [-0.2, -0.15) is 0 Å². The molecule has 380 valence electrons. The molecule has 0 spiro atoms. The van der Waals surface area contributed by atoms with E-state index in [0.717, 1.165) is 89.9 Å². The van der Waals surface area contributed by atoms with Crippen LogP contribution in [0.5, 0.6) is 0 Å². The predicted molar refractivity (Wildman–Crippen MR) is 284 cm³/mol. The molecular weight excluding hydrogens is 817 g/mol. The summed E-state index contributed by atoms with van der Waals surface area (Å²) in [6.07, 6.45) is 68.8. The number of hydrogen-bond donors (Lipinski definition) is 0. The van der Waals surface area contributed by atoms with E-state index in [1.165, 1.54) is 141 Å². The van der Waals surface area contributed by atoms with Crippen molar-refractivity contribution in [1.82, 2.24) is 0 Å². The average molecular weight is 921 g/mol. The number of carbonyl (C=O) groups is 3. The van der Waals surface area contributed by atoms with Gasteiger partial charge >= 0.3 is 17.9 Å². The fourth-order valence-corrected chi connectivity index (χ4v) is 7.65. The maximum absolute atomic E-state index is 12.8. The van der Waals surface area contributed by atoms with E-state index in [0.29, 0.717) is 19.3 Å². The molecule has 1 atom stereocenters. The van der Waals surface area contributed by atoms with E-state index in [-0.39, 0.29) is 31.1 Å². The summed E-state index contributed by atoms with van der Waals surface area (Å²) >= 11 is 0. The highest BCUT2D eigenvalue weighted by atomic mass is 16.6. The third-order valence-electron chi connectivity index (χ3n) is 11.9. The van der Waals surface area contributed by atoms with Crippen molar-refractivity contribution < 1.29 is 28.6 Å². The van der Waals surface area contributed by atoms with Crippen molar-refractivity contribution in [1.29, 1.82) is 0 Å². The van der Waals surface area contributed by atoms with Crippen LogP contribution in [0, 0.1) is 0 Å². The summed E-state index contributed by atoms with van der Waals surface area (Å²) in [5, 5.41) is 0. The first-order chi connectivity index (χ1) is 32.5. The van der Waals surface area contributed by atoms with Crippen LogP contribution in [0.4, 0.5) is 0 Å². The molecule has 6 nitrogen and oxygen atoms in total. The average Bonchev–Trinajstić information content (AvgIpc) is 3.31. The lowest BCUT2D eigenvalue weighted by Gasteiger charge is -2.18. The van der Waals surface area contributed by atoms with Crippen molar-refractivity contribution in [2.24, 2.45) is 0 Å². The van der Waals surface area contributed by atoms with E-state index in [4.69, 9.17) is 14.2 Å². The van der Waals surface area contributed by atoms with Crippen LogP contribution >= 0.6 is 0 Å². The number of esters is 3. The Morgan fingerprint density at radius 2 is 0.545 bits per heavy atom. The zero-order chi connectivity index (χ0) is 47.9. The van der Waals surface area contributed by atoms with Crippen LogP contribution in [0.3, 0.4) is 0 Å². The number of rotatable bonds is 50. The largest absolute Gasteiger partial charge is 0.462 e. The molecule has 0 aromatic carbocycles. The number of allylic oxidation sites excluding steroid dienone is 12. The monoisotopic (exact) mass is 921 g/mol. The lowest BCUT2D eigenvalue weighted by molar-refractivity contribution is -0.167. The highest BCUT2D eigenvalue weighted by Crippen LogP contribution is 2.14. The molecule has 0 aliphatic rings. The number of carbonyl (C=O) groups excluding carboxylic acids is 3. The van der Waals surface area contributed by atoms with Crippen molar-refractivity contribution >= 4 is 17.9 Å². The Bertz CT molecular complexity index is 1240. The summed E-state index contributed by atoms with van der Waals surface area (Å²) in [6.45, 7) is 6.56. The Morgan fingerprint density at radius 1 is 0.303 bits per heavy atom. The lowest BCUT2D eigenvalue weighted by atomic mass is 10.1. The molecule has 0 unspecified atom stereocenters. The third-order valence-corrected chi connectivity index (χ3v) is 11.9. The summed E-state index contributed by atoms with van der Waals surface area (Å²) in [5.41, 5.74) is 0. The molecule has 0 saturated heterocycles. The van der Waals surface area contributed by atoms with Crippen LogP contribution in [-0.4, -0.2) is 37.2 Å². The third kappa shape index (κ3) is 51.8. The first-order valence-electron chi connectivity index (χ1n) is 27.9. The highest BCUT2D eigenvalue weighted by Gasteiger charge is 2.19. The van der Waals surface area contributed by atoms with Crippen molar-refractivity contribution in [3.05, 3.63) is 72.9 Å². The summed E-state index contributed by atoms with van der Waals surface area (Å²) in [7, 11) is 0. The van der Waals surface area contributed by atoms with Crippen LogP contribution in [0.2, 0.25) is 0 Å². The van der Waals surface area contributed by atoms with Gasteiger partial charge in [-0.1, -0.05) is 209 Å². The van der Waals surface area contributed by atoms with Crippen LogP contribution < -0.4 is 0 Å². The fourth-order valence-electron chi connectivity index (χ4n) is 7.65. The molecule has 0 aromatic rings. The van der Waals surface area contributed by atoms with Crippen molar-refractivity contribution in [2.75, 3.05) is 13.2 Å². The van der Waals surface area contributed by atoms with Crippen molar-refractivity contribution in [2.45, 2.75) is 277 Å². The second kappa shape index (κ2) is 54.5. The normalized spacial score (nSPS) is 12.6. The molecule has 0 aliphatic heterocycles. The second-order valence-corrected chi connectivity index (χ2v) is 18.5. The molecule has 0 radical (unpaired) electrons. The molecule has 0 aliphatic carbocycles. The van der Waals surface area contributed by atoms with E-state index in [2.05, 4.69) is 93.7 Å². The smallest absolute Gasteiger partial charge is 0.306 e. The molecule has 0 N–H and O–H groups in total. The van der Waals surface area contributed by atoms with Gasteiger partial charge in [0.05, 0.1) is 0 Å². The Labute approximate surface area is 408 Å². The van der Waals surface area contributed by atoms with Gasteiger partial charge in [0.2, 0.25) is 0 Å². The number of ether oxygens (including phenoxy) is 3. The van der Waals surface area contributed by atoms with Gasteiger partial charge in [0, 0.05) is 19.3 Å². The number of hydrogen-bond acceptors (Lipinski definition) is 6. The van der Waals surface area contributed by atoms with Gasteiger partial charge in [0.15, 0.2) is 6.10 Å². The van der Waals surface area contributed by atoms with Crippen LogP contribution in [0.15, 0.2) is 72.9 Å². The molecule has 0 aromatic heterocycles. The van der Waals surface area contributed by atoms with Gasteiger partial charge in [-0.25, -0.2) is 0 Å². The van der Waals surface area contributed by atoms with Gasteiger partial charge in [0.25, 0.3) is 0 Å². The van der Waals surface area contributed by atoms with Gasteiger partial charge in [0.1, 0.15) is 13.2 Å². The van der Waals surface area contributed by atoms with Crippen molar-refractivity contribution in [3.63, 3.8) is 0 Å². The molecule has 0 amide bonds. The van der Waals surface area contributed by atoms with E-state index in [1.807, 2.05) is 0 Å². The minimum atomic E-state index is -0.794. The summed E-state index contributed by atoms with van der Waals surface area (Å²) in [5.74, 6) is -0.930. The summed E-state index contributed by atoms with van der Waals surface area (Å²) < 4.78 is 16.8. The quantitative estimate of drug-likeness (QED) is 0.0262. The molecule has 0 fully saturated rings. The molecule has 0 heterocycles. The maximum atomic E-state index is 12.8. The van der Waals surface area contributed by atoms with E-state index >= 15 is 0 Å². The zero-order valence-electron chi connectivity index (χ0n) is 43.4. The molecule has 0 bridgehead atoms. The summed E-state index contributed by atoms with van der Waals surface area (Å²) in [6, 6.07) is 0. The van der Waals surface area contributed by atoms with E-state index in [1.54, 1.807) is 0 Å². The molecule has 6 heteroatoms. The summed E-state index contributed by atoms with van der Waals surface area (Å²) in [4.78, 5) is 38.1. The van der Waals surface area contributed by atoms with Gasteiger partial charge < -0.3 is 14.2 Å². The Balaban J connectivity index is 4.45. The molecule has 0 rings (SSSR count). The standard InChI is InChI=1S/C60H104O6/c1-4-7-10-13-16-19-22-25-28-29-30-31-33-35-38-41-44-47-50-53-59(62)65-56-57(55-64-58(61)52-49-46-43-40-37-34-27-24-21-18-15-12-9-6-3)66-60(63)54-51-48-45-42-39-36-32-26-23-20-17-14-11-8-5-2/h16,19-20,23-25,27-28,30-31,35,38,57H,4-15,17-18,21-22,26,29,32-34,36-37,39-56H2,1-3H3/b19-16+,23-20+,27-24+,28-25+,31-30+,38-35+/t57-/m1/s1. The van der Waals surface area contributed by atoms with E-state index in [9.17, 15) is 14.4 Å². The second-order valence-electron chi connectivity index (χ2n) is 18.5.